The SMILES string of the molecule is COC(=O)Cn1c(=NC(=O)c2cc(OC)c(OC)c(OC)c2)sc2cc3c(cc21)OCCO3. The molecule has 1 amide bonds. The first-order chi connectivity index (χ1) is 16.0. The first-order valence-electron chi connectivity index (χ1n) is 9.88. The Morgan fingerprint density at radius 1 is 0.970 bits per heavy atom. The summed E-state index contributed by atoms with van der Waals surface area (Å²) >= 11 is 1.24. The van der Waals surface area contributed by atoms with Crippen LogP contribution in [-0.4, -0.2) is 58.1 Å². The van der Waals surface area contributed by atoms with E-state index in [4.69, 9.17) is 28.4 Å². The molecule has 0 N–H and O–H groups in total. The number of hydrogen-bond donors (Lipinski definition) is 0. The Kier molecular flexibility index (Phi) is 6.40. The van der Waals surface area contributed by atoms with Crippen molar-refractivity contribution < 1.29 is 38.0 Å². The molecule has 33 heavy (non-hydrogen) atoms. The molecule has 0 fully saturated rings. The summed E-state index contributed by atoms with van der Waals surface area (Å²) in [4.78, 5) is 29.8. The van der Waals surface area contributed by atoms with Gasteiger partial charge in [-0.2, -0.15) is 4.99 Å². The number of nitrogens with zero attached hydrogens (tertiary/aromatic N) is 2. The van der Waals surface area contributed by atoms with Gasteiger partial charge in [-0.1, -0.05) is 11.3 Å². The highest BCUT2D eigenvalue weighted by Gasteiger charge is 2.20. The number of hydrogen-bond acceptors (Lipinski definition) is 9. The Labute approximate surface area is 192 Å². The molecule has 0 bridgehead atoms. The predicted octanol–water partition coefficient (Wildman–Crippen LogP) is 2.41. The maximum atomic E-state index is 13.1. The lowest BCUT2D eigenvalue weighted by Crippen LogP contribution is -2.22. The second kappa shape index (κ2) is 9.41. The third-order valence-corrected chi connectivity index (χ3v) is 6.01. The van der Waals surface area contributed by atoms with Crippen molar-refractivity contribution >= 4 is 33.4 Å². The van der Waals surface area contributed by atoms with E-state index < -0.39 is 11.9 Å². The van der Waals surface area contributed by atoms with E-state index in [-0.39, 0.29) is 12.1 Å². The first kappa shape index (κ1) is 22.5. The Morgan fingerprint density at radius 2 is 1.61 bits per heavy atom. The molecule has 0 aliphatic carbocycles. The van der Waals surface area contributed by atoms with Gasteiger partial charge in [0.2, 0.25) is 5.75 Å². The summed E-state index contributed by atoms with van der Waals surface area (Å²) in [6.45, 7) is 0.747. The van der Waals surface area contributed by atoms with E-state index in [1.54, 1.807) is 10.6 Å². The fourth-order valence-electron chi connectivity index (χ4n) is 3.39. The molecule has 1 aromatic heterocycles. The molecule has 2 heterocycles. The van der Waals surface area contributed by atoms with Crippen molar-refractivity contribution in [1.29, 1.82) is 0 Å². The number of fused-ring (bicyclic) bond motifs is 2. The molecule has 0 spiro atoms. The minimum atomic E-state index is -0.545. The van der Waals surface area contributed by atoms with Gasteiger partial charge in [-0.25, -0.2) is 0 Å². The second-order valence-electron chi connectivity index (χ2n) is 6.84. The average Bonchev–Trinajstić information content (AvgIpc) is 3.16. The summed E-state index contributed by atoms with van der Waals surface area (Å²) in [5, 5.41) is 0. The fraction of sp³-hybridized carbons (Fsp3) is 0.318. The van der Waals surface area contributed by atoms with Gasteiger partial charge in [0.25, 0.3) is 5.91 Å². The number of carbonyl (C=O) groups is 2. The van der Waals surface area contributed by atoms with Gasteiger partial charge in [0, 0.05) is 17.7 Å². The summed E-state index contributed by atoms with van der Waals surface area (Å²) in [6.07, 6.45) is 0. The van der Waals surface area contributed by atoms with Crippen molar-refractivity contribution in [1.82, 2.24) is 4.57 Å². The molecule has 3 aromatic rings. The lowest BCUT2D eigenvalue weighted by atomic mass is 10.1. The summed E-state index contributed by atoms with van der Waals surface area (Å²) in [7, 11) is 5.70. The van der Waals surface area contributed by atoms with Crippen molar-refractivity contribution in [2.45, 2.75) is 6.54 Å². The molecular weight excluding hydrogens is 452 g/mol. The normalized spacial score (nSPS) is 13.0. The van der Waals surface area contributed by atoms with Gasteiger partial charge in [-0.15, -0.1) is 0 Å². The van der Waals surface area contributed by atoms with E-state index in [0.717, 1.165) is 4.70 Å². The van der Waals surface area contributed by atoms with Crippen LogP contribution in [0.25, 0.3) is 10.2 Å². The molecular formula is C22H22N2O8S. The quantitative estimate of drug-likeness (QED) is 0.502. The number of esters is 1. The zero-order chi connectivity index (χ0) is 23.5. The Hall–Kier alpha value is -3.73. The van der Waals surface area contributed by atoms with Gasteiger partial charge in [0.1, 0.15) is 19.8 Å². The number of benzene rings is 2. The predicted molar refractivity (Wildman–Crippen MR) is 119 cm³/mol. The van der Waals surface area contributed by atoms with Crippen LogP contribution >= 0.6 is 11.3 Å². The topological polar surface area (TPSA) is 107 Å². The third-order valence-electron chi connectivity index (χ3n) is 4.97. The van der Waals surface area contributed by atoms with Gasteiger partial charge in [0.05, 0.1) is 38.7 Å². The Morgan fingerprint density at radius 3 is 2.18 bits per heavy atom. The highest BCUT2D eigenvalue weighted by atomic mass is 32.1. The zero-order valence-corrected chi connectivity index (χ0v) is 19.3. The summed E-state index contributed by atoms with van der Waals surface area (Å²) < 4.78 is 34.5. The Bertz CT molecular complexity index is 1270. The fourth-order valence-corrected chi connectivity index (χ4v) is 4.43. The monoisotopic (exact) mass is 474 g/mol. The maximum Gasteiger partial charge on any atom is 0.325 e. The van der Waals surface area contributed by atoms with Crippen LogP contribution < -0.4 is 28.5 Å². The summed E-state index contributed by atoms with van der Waals surface area (Å²) in [5.74, 6) is 1.16. The molecule has 10 nitrogen and oxygen atoms in total. The molecule has 0 unspecified atom stereocenters. The van der Waals surface area contributed by atoms with E-state index in [1.807, 2.05) is 6.07 Å². The molecule has 0 saturated carbocycles. The van der Waals surface area contributed by atoms with Crippen LogP contribution in [0.1, 0.15) is 10.4 Å². The highest BCUT2D eigenvalue weighted by molar-refractivity contribution is 7.16. The minimum Gasteiger partial charge on any atom is -0.493 e. The summed E-state index contributed by atoms with van der Waals surface area (Å²) in [6, 6.07) is 6.62. The van der Waals surface area contributed by atoms with Crippen molar-refractivity contribution in [3.8, 4) is 28.7 Å². The number of thiazole rings is 1. The lowest BCUT2D eigenvalue weighted by molar-refractivity contribution is -0.141. The largest absolute Gasteiger partial charge is 0.493 e. The highest BCUT2D eigenvalue weighted by Crippen LogP contribution is 2.38. The van der Waals surface area contributed by atoms with Crippen molar-refractivity contribution in [3.05, 3.63) is 34.6 Å². The molecule has 4 rings (SSSR count). The Balaban J connectivity index is 1.86. The molecule has 2 aromatic carbocycles. The zero-order valence-electron chi connectivity index (χ0n) is 18.5. The maximum absolute atomic E-state index is 13.1. The molecule has 0 radical (unpaired) electrons. The van der Waals surface area contributed by atoms with Crippen LogP contribution in [0.2, 0.25) is 0 Å². The van der Waals surface area contributed by atoms with E-state index in [9.17, 15) is 9.59 Å². The van der Waals surface area contributed by atoms with Gasteiger partial charge in [-0.3, -0.25) is 9.59 Å². The standard InChI is InChI=1S/C22H22N2O8S/c1-27-16-7-12(8-17(28-2)20(16)30-4)21(26)23-22-24(11-19(25)29-3)13-9-14-15(10-18(13)33-22)32-6-5-31-14/h7-10H,5-6,11H2,1-4H3. The molecule has 1 aliphatic heterocycles. The smallest absolute Gasteiger partial charge is 0.325 e. The van der Waals surface area contributed by atoms with E-state index in [2.05, 4.69) is 4.99 Å². The van der Waals surface area contributed by atoms with Gasteiger partial charge >= 0.3 is 5.97 Å². The molecule has 0 saturated heterocycles. The minimum absolute atomic E-state index is 0.127. The lowest BCUT2D eigenvalue weighted by Gasteiger charge is -2.18. The van der Waals surface area contributed by atoms with Crippen molar-refractivity contribution in [2.75, 3.05) is 41.7 Å². The average molecular weight is 474 g/mol. The van der Waals surface area contributed by atoms with Crippen LogP contribution in [0.3, 0.4) is 0 Å². The molecule has 11 heteroatoms. The van der Waals surface area contributed by atoms with E-state index >= 15 is 0 Å². The number of amides is 1. The van der Waals surface area contributed by atoms with Crippen molar-refractivity contribution in [3.63, 3.8) is 0 Å². The second-order valence-corrected chi connectivity index (χ2v) is 7.85. The first-order valence-corrected chi connectivity index (χ1v) is 10.7. The van der Waals surface area contributed by atoms with Crippen LogP contribution in [0.15, 0.2) is 29.3 Å². The van der Waals surface area contributed by atoms with Crippen LogP contribution in [0.4, 0.5) is 0 Å². The van der Waals surface area contributed by atoms with Gasteiger partial charge < -0.3 is 33.0 Å². The third kappa shape index (κ3) is 4.31. The van der Waals surface area contributed by atoms with Crippen LogP contribution in [0.5, 0.6) is 28.7 Å². The number of rotatable bonds is 6. The van der Waals surface area contributed by atoms with Gasteiger partial charge in [-0.05, 0) is 12.1 Å². The number of ether oxygens (including phenoxy) is 6. The molecule has 1 aliphatic rings. The van der Waals surface area contributed by atoms with Gasteiger partial charge in [0.15, 0.2) is 27.8 Å². The van der Waals surface area contributed by atoms with Crippen molar-refractivity contribution in [2.24, 2.45) is 4.99 Å². The molecule has 174 valence electrons. The number of carbonyl (C=O) groups excluding carboxylic acids is 2. The van der Waals surface area contributed by atoms with Crippen LogP contribution in [-0.2, 0) is 16.1 Å². The molecule has 0 atom stereocenters. The van der Waals surface area contributed by atoms with E-state index in [0.29, 0.717) is 52.3 Å². The van der Waals surface area contributed by atoms with Crippen LogP contribution in [0, 0.1) is 0 Å². The van der Waals surface area contributed by atoms with E-state index in [1.165, 1.54) is 51.9 Å². The number of aromatic nitrogens is 1. The number of methoxy groups -OCH3 is 4. The summed E-state index contributed by atoms with van der Waals surface area (Å²) in [5.41, 5.74) is 0.906.